The van der Waals surface area contributed by atoms with Crippen molar-refractivity contribution in [2.24, 2.45) is 5.10 Å². The van der Waals surface area contributed by atoms with Crippen LogP contribution in [-0.2, 0) is 4.74 Å². The molecule has 1 aromatic heterocycles. The normalized spacial score (nSPS) is 10.9. The van der Waals surface area contributed by atoms with Crippen LogP contribution in [0.2, 0.25) is 0 Å². The largest absolute Gasteiger partial charge is 0.465 e. The van der Waals surface area contributed by atoms with Gasteiger partial charge in [-0.3, -0.25) is 4.79 Å². The van der Waals surface area contributed by atoms with E-state index in [0.29, 0.717) is 11.1 Å². The number of nitrogens with zero attached hydrogens (tertiary/aromatic N) is 2. The van der Waals surface area contributed by atoms with Crippen molar-refractivity contribution in [3.63, 3.8) is 0 Å². The van der Waals surface area contributed by atoms with E-state index in [4.69, 9.17) is 4.74 Å². The molecule has 0 unspecified atom stereocenters. The maximum atomic E-state index is 12.3. The van der Waals surface area contributed by atoms with Gasteiger partial charge in [0.1, 0.15) is 0 Å². The number of rotatable bonds is 5. The molecule has 0 aliphatic carbocycles. The zero-order chi connectivity index (χ0) is 21.0. The van der Waals surface area contributed by atoms with Gasteiger partial charge < -0.3 is 9.30 Å². The molecule has 1 heterocycles. The number of hydrogen-bond donors (Lipinski definition) is 1. The first-order chi connectivity index (χ1) is 13.9. The fraction of sp³-hybridized carbons (Fsp3) is 0.174. The van der Waals surface area contributed by atoms with E-state index in [1.807, 2.05) is 57.2 Å². The summed E-state index contributed by atoms with van der Waals surface area (Å²) in [5.74, 6) is -0.610. The van der Waals surface area contributed by atoms with Crippen LogP contribution in [0, 0.1) is 20.8 Å². The Morgan fingerprint density at radius 2 is 1.72 bits per heavy atom. The zero-order valence-electron chi connectivity index (χ0n) is 16.9. The third-order valence-corrected chi connectivity index (χ3v) is 4.78. The van der Waals surface area contributed by atoms with Crippen molar-refractivity contribution in [1.29, 1.82) is 0 Å². The zero-order valence-corrected chi connectivity index (χ0v) is 16.9. The highest BCUT2D eigenvalue weighted by molar-refractivity contribution is 5.96. The minimum Gasteiger partial charge on any atom is -0.465 e. The number of carbonyl (C=O) groups excluding carboxylic acids is 2. The van der Waals surface area contributed by atoms with Crippen molar-refractivity contribution in [2.45, 2.75) is 20.8 Å². The maximum Gasteiger partial charge on any atom is 0.337 e. The molecule has 0 aliphatic rings. The Balaban J connectivity index is 1.79. The number of nitrogens with one attached hydrogen (secondary N) is 1. The smallest absolute Gasteiger partial charge is 0.337 e. The van der Waals surface area contributed by atoms with Crippen molar-refractivity contribution in [3.8, 4) is 5.69 Å². The predicted octanol–water partition coefficient (Wildman–Crippen LogP) is 3.95. The Bertz CT molecular complexity index is 1080. The number of ether oxygens (including phenoxy) is 1. The van der Waals surface area contributed by atoms with Gasteiger partial charge in [0, 0.05) is 28.2 Å². The molecule has 0 bridgehead atoms. The van der Waals surface area contributed by atoms with Gasteiger partial charge in [0.25, 0.3) is 5.91 Å². The number of hydrazone groups is 1. The lowest BCUT2D eigenvalue weighted by Crippen LogP contribution is -2.18. The topological polar surface area (TPSA) is 72.7 Å². The van der Waals surface area contributed by atoms with Crippen molar-refractivity contribution in [3.05, 3.63) is 88.2 Å². The van der Waals surface area contributed by atoms with E-state index in [2.05, 4.69) is 15.1 Å². The summed E-state index contributed by atoms with van der Waals surface area (Å²) in [4.78, 5) is 23.9. The second-order valence-corrected chi connectivity index (χ2v) is 6.71. The van der Waals surface area contributed by atoms with Gasteiger partial charge in [-0.2, -0.15) is 5.10 Å². The summed E-state index contributed by atoms with van der Waals surface area (Å²) in [6.45, 7) is 5.86. The van der Waals surface area contributed by atoms with Crippen LogP contribution in [0.5, 0.6) is 0 Å². The molecule has 0 radical (unpaired) electrons. The van der Waals surface area contributed by atoms with Gasteiger partial charge >= 0.3 is 5.97 Å². The van der Waals surface area contributed by atoms with Gasteiger partial charge in [0.05, 0.1) is 18.9 Å². The van der Waals surface area contributed by atoms with Crippen LogP contribution in [0.3, 0.4) is 0 Å². The molecule has 0 spiro atoms. The number of aryl methyl sites for hydroxylation is 2. The fourth-order valence-electron chi connectivity index (χ4n) is 3.23. The second-order valence-electron chi connectivity index (χ2n) is 6.71. The Labute approximate surface area is 169 Å². The van der Waals surface area contributed by atoms with E-state index < -0.39 is 0 Å². The van der Waals surface area contributed by atoms with Crippen molar-refractivity contribution >= 4 is 18.1 Å². The highest BCUT2D eigenvalue weighted by atomic mass is 16.5. The molecule has 1 amide bonds. The fourth-order valence-corrected chi connectivity index (χ4v) is 3.23. The predicted molar refractivity (Wildman–Crippen MR) is 113 cm³/mol. The monoisotopic (exact) mass is 389 g/mol. The average Bonchev–Trinajstić information content (AvgIpc) is 3.01. The average molecular weight is 389 g/mol. The quantitative estimate of drug-likeness (QED) is 0.408. The summed E-state index contributed by atoms with van der Waals surface area (Å²) >= 11 is 0. The molecule has 2 aromatic carbocycles. The second kappa shape index (κ2) is 8.56. The molecule has 6 nitrogen and oxygen atoms in total. The number of aromatic nitrogens is 1. The van der Waals surface area contributed by atoms with Gasteiger partial charge in [-0.05, 0) is 62.7 Å². The molecule has 148 valence electrons. The first-order valence-corrected chi connectivity index (χ1v) is 9.19. The van der Waals surface area contributed by atoms with Crippen molar-refractivity contribution in [2.75, 3.05) is 7.11 Å². The van der Waals surface area contributed by atoms with Crippen LogP contribution < -0.4 is 5.43 Å². The van der Waals surface area contributed by atoms with Gasteiger partial charge in [0.15, 0.2) is 0 Å². The van der Waals surface area contributed by atoms with E-state index in [-0.39, 0.29) is 11.9 Å². The van der Waals surface area contributed by atoms with Gasteiger partial charge in [-0.15, -0.1) is 0 Å². The molecule has 3 rings (SSSR count). The highest BCUT2D eigenvalue weighted by Gasteiger charge is 2.11. The third-order valence-electron chi connectivity index (χ3n) is 4.78. The number of methoxy groups -OCH3 is 1. The summed E-state index contributed by atoms with van der Waals surface area (Å²) in [6.07, 6.45) is 1.64. The van der Waals surface area contributed by atoms with Crippen LogP contribution in [0.25, 0.3) is 5.69 Å². The standard InChI is InChI=1S/C23H23N3O3/c1-15-7-5-6-8-21(15)22(27)25-24-14-19-13-16(2)26(17(19)3)20-11-9-18(10-12-20)23(28)29-4/h5-14H,1-4H3,(H,25,27)/b24-14-. The van der Waals surface area contributed by atoms with Gasteiger partial charge in [0.2, 0.25) is 0 Å². The van der Waals surface area contributed by atoms with Crippen LogP contribution in [-0.4, -0.2) is 29.8 Å². The van der Waals surface area contributed by atoms with E-state index in [1.165, 1.54) is 7.11 Å². The molecular formula is C23H23N3O3. The van der Waals surface area contributed by atoms with Crippen molar-refractivity contribution < 1.29 is 14.3 Å². The van der Waals surface area contributed by atoms with Crippen LogP contribution in [0.15, 0.2) is 59.7 Å². The molecule has 0 saturated carbocycles. The molecular weight excluding hydrogens is 366 g/mol. The summed E-state index contributed by atoms with van der Waals surface area (Å²) in [5, 5.41) is 4.12. The van der Waals surface area contributed by atoms with Crippen LogP contribution >= 0.6 is 0 Å². The molecule has 3 aromatic rings. The lowest BCUT2D eigenvalue weighted by Gasteiger charge is -2.10. The number of hydrogen-bond acceptors (Lipinski definition) is 4. The molecule has 1 N–H and O–H groups in total. The third kappa shape index (κ3) is 4.27. The minimum absolute atomic E-state index is 0.244. The molecule has 6 heteroatoms. The molecule has 0 aliphatic heterocycles. The van der Waals surface area contributed by atoms with E-state index in [0.717, 1.165) is 28.2 Å². The molecule has 0 atom stereocenters. The van der Waals surface area contributed by atoms with Gasteiger partial charge in [-0.1, -0.05) is 18.2 Å². The van der Waals surface area contributed by atoms with E-state index in [9.17, 15) is 9.59 Å². The minimum atomic E-state index is -0.366. The SMILES string of the molecule is COC(=O)c1ccc(-n2c(C)cc(/C=N\NC(=O)c3ccccc3C)c2C)cc1. The van der Waals surface area contributed by atoms with Crippen molar-refractivity contribution in [1.82, 2.24) is 9.99 Å². The first kappa shape index (κ1) is 20.1. The molecule has 0 saturated heterocycles. The van der Waals surface area contributed by atoms with Crippen LogP contribution in [0.1, 0.15) is 43.2 Å². The Morgan fingerprint density at radius 3 is 2.38 bits per heavy atom. The van der Waals surface area contributed by atoms with E-state index >= 15 is 0 Å². The Morgan fingerprint density at radius 1 is 1.03 bits per heavy atom. The Kier molecular flexibility index (Phi) is 5.93. The molecule has 29 heavy (non-hydrogen) atoms. The number of carbonyl (C=O) groups is 2. The number of benzene rings is 2. The summed E-state index contributed by atoms with van der Waals surface area (Å²) in [6, 6.07) is 16.6. The lowest BCUT2D eigenvalue weighted by molar-refractivity contribution is 0.0600. The number of esters is 1. The lowest BCUT2D eigenvalue weighted by atomic mass is 10.1. The summed E-state index contributed by atoms with van der Waals surface area (Å²) < 4.78 is 6.80. The summed E-state index contributed by atoms with van der Waals surface area (Å²) in [5.41, 5.74) is 8.38. The number of amides is 1. The maximum absolute atomic E-state index is 12.3. The van der Waals surface area contributed by atoms with Crippen LogP contribution in [0.4, 0.5) is 0 Å². The van der Waals surface area contributed by atoms with E-state index in [1.54, 1.807) is 24.4 Å². The van der Waals surface area contributed by atoms with Gasteiger partial charge in [-0.25, -0.2) is 10.2 Å². The molecule has 0 fully saturated rings. The first-order valence-electron chi connectivity index (χ1n) is 9.19. The summed E-state index contributed by atoms with van der Waals surface area (Å²) in [7, 11) is 1.36. The highest BCUT2D eigenvalue weighted by Crippen LogP contribution is 2.20. The Hall–Kier alpha value is -3.67.